The summed E-state index contributed by atoms with van der Waals surface area (Å²) in [4.78, 5) is -0.303. The summed E-state index contributed by atoms with van der Waals surface area (Å²) in [5.74, 6) is 0. The molecule has 0 aliphatic rings. The molecular formula is C7H6NNaO4S. The van der Waals surface area contributed by atoms with Gasteiger partial charge in [0.05, 0.1) is 11.1 Å². The van der Waals surface area contributed by atoms with Crippen LogP contribution in [0.2, 0.25) is 0 Å². The molecule has 1 N–H and O–H groups in total. The SMILES string of the molecule is O=S(=O)([O-])c1ccc(C=NO)cc1.[Na+]. The van der Waals surface area contributed by atoms with Crippen molar-refractivity contribution in [1.82, 2.24) is 0 Å². The number of hydrogen-bond acceptors (Lipinski definition) is 5. The molecule has 1 aromatic carbocycles. The van der Waals surface area contributed by atoms with E-state index >= 15 is 0 Å². The molecule has 0 atom stereocenters. The van der Waals surface area contributed by atoms with E-state index in [9.17, 15) is 13.0 Å². The first kappa shape index (κ1) is 13.6. The van der Waals surface area contributed by atoms with Gasteiger partial charge in [0.15, 0.2) is 0 Å². The van der Waals surface area contributed by atoms with Crippen molar-refractivity contribution < 1.29 is 47.7 Å². The maximum Gasteiger partial charge on any atom is 1.00 e. The maximum absolute atomic E-state index is 10.5. The molecule has 0 amide bonds. The van der Waals surface area contributed by atoms with Gasteiger partial charge in [0.2, 0.25) is 0 Å². The van der Waals surface area contributed by atoms with E-state index in [4.69, 9.17) is 5.21 Å². The molecule has 1 aromatic rings. The van der Waals surface area contributed by atoms with Gasteiger partial charge in [-0.15, -0.1) is 0 Å². The first-order valence-corrected chi connectivity index (χ1v) is 4.68. The normalized spacial score (nSPS) is 11.2. The summed E-state index contributed by atoms with van der Waals surface area (Å²) >= 11 is 0. The zero-order valence-electron chi connectivity index (χ0n) is 7.41. The second kappa shape index (κ2) is 5.47. The summed E-state index contributed by atoms with van der Waals surface area (Å²) in [5, 5.41) is 10.9. The van der Waals surface area contributed by atoms with Gasteiger partial charge in [-0.1, -0.05) is 17.3 Å². The van der Waals surface area contributed by atoms with Crippen LogP contribution in [-0.2, 0) is 10.1 Å². The Morgan fingerprint density at radius 1 is 1.29 bits per heavy atom. The van der Waals surface area contributed by atoms with E-state index < -0.39 is 10.1 Å². The molecule has 0 radical (unpaired) electrons. The molecular weight excluding hydrogens is 217 g/mol. The topological polar surface area (TPSA) is 89.8 Å². The van der Waals surface area contributed by atoms with Crippen LogP contribution in [0.1, 0.15) is 5.56 Å². The third-order valence-corrected chi connectivity index (χ3v) is 2.23. The number of hydrogen-bond donors (Lipinski definition) is 1. The molecule has 0 heterocycles. The van der Waals surface area contributed by atoms with Gasteiger partial charge in [-0.2, -0.15) is 0 Å². The van der Waals surface area contributed by atoms with Crippen molar-refractivity contribution in [2.24, 2.45) is 5.16 Å². The van der Waals surface area contributed by atoms with Crippen LogP contribution >= 0.6 is 0 Å². The second-order valence-corrected chi connectivity index (χ2v) is 3.65. The Balaban J connectivity index is 0.00000169. The van der Waals surface area contributed by atoms with Crippen molar-refractivity contribution in [3.05, 3.63) is 29.8 Å². The van der Waals surface area contributed by atoms with E-state index in [-0.39, 0.29) is 34.5 Å². The summed E-state index contributed by atoms with van der Waals surface area (Å²) in [6, 6.07) is 5.04. The van der Waals surface area contributed by atoms with Crippen LogP contribution in [0.4, 0.5) is 0 Å². The van der Waals surface area contributed by atoms with Gasteiger partial charge in [0.1, 0.15) is 10.1 Å². The van der Waals surface area contributed by atoms with Crippen molar-refractivity contribution >= 4 is 16.3 Å². The number of rotatable bonds is 2. The molecule has 0 saturated carbocycles. The molecule has 0 unspecified atom stereocenters. The fraction of sp³-hybridized carbons (Fsp3) is 0. The summed E-state index contributed by atoms with van der Waals surface area (Å²) in [5.41, 5.74) is 0.509. The Morgan fingerprint density at radius 2 is 1.79 bits per heavy atom. The Kier molecular flexibility index (Phi) is 5.32. The van der Waals surface area contributed by atoms with Crippen LogP contribution < -0.4 is 29.6 Å². The van der Waals surface area contributed by atoms with E-state index in [1.165, 1.54) is 12.1 Å². The van der Waals surface area contributed by atoms with Crippen LogP contribution in [0.25, 0.3) is 0 Å². The van der Waals surface area contributed by atoms with Crippen LogP contribution in [0, 0.1) is 0 Å². The third-order valence-electron chi connectivity index (χ3n) is 1.38. The molecule has 0 fully saturated rings. The van der Waals surface area contributed by atoms with Crippen molar-refractivity contribution in [1.29, 1.82) is 0 Å². The molecule has 70 valence electrons. The average Bonchev–Trinajstić information content (AvgIpc) is 2.04. The molecule has 0 aliphatic carbocycles. The summed E-state index contributed by atoms with van der Waals surface area (Å²) in [6.45, 7) is 0. The van der Waals surface area contributed by atoms with E-state index in [0.29, 0.717) is 5.56 Å². The van der Waals surface area contributed by atoms with Gasteiger partial charge in [-0.25, -0.2) is 8.42 Å². The van der Waals surface area contributed by atoms with Gasteiger partial charge in [0, 0.05) is 0 Å². The fourth-order valence-electron chi connectivity index (χ4n) is 0.787. The smallest absolute Gasteiger partial charge is 0.744 e. The summed E-state index contributed by atoms with van der Waals surface area (Å²) < 4.78 is 31.4. The van der Waals surface area contributed by atoms with Crippen LogP contribution in [0.5, 0.6) is 0 Å². The molecule has 0 aliphatic heterocycles. The number of nitrogens with zero attached hydrogens (tertiary/aromatic N) is 1. The Hall–Kier alpha value is -0.400. The van der Waals surface area contributed by atoms with E-state index in [1.807, 2.05) is 0 Å². The Labute approximate surface area is 103 Å². The standard InChI is InChI=1S/C7H7NO4S.Na/c9-8-5-6-1-3-7(4-2-6)13(10,11)12;/h1-5,9H,(H,10,11,12);/q;+1/p-1. The first-order chi connectivity index (χ1) is 6.04. The molecule has 1 rings (SSSR count). The molecule has 5 nitrogen and oxygen atoms in total. The average molecular weight is 223 g/mol. The number of oxime groups is 1. The molecule has 14 heavy (non-hydrogen) atoms. The Morgan fingerprint density at radius 3 is 2.14 bits per heavy atom. The minimum absolute atomic E-state index is 0. The Bertz CT molecular complexity index is 412. The quantitative estimate of drug-likeness (QED) is 0.196. The van der Waals surface area contributed by atoms with E-state index in [2.05, 4.69) is 5.16 Å². The molecule has 7 heteroatoms. The zero-order valence-corrected chi connectivity index (χ0v) is 10.2. The molecule has 0 bridgehead atoms. The zero-order chi connectivity index (χ0) is 9.90. The minimum Gasteiger partial charge on any atom is -0.744 e. The van der Waals surface area contributed by atoms with Crippen LogP contribution in [0.3, 0.4) is 0 Å². The monoisotopic (exact) mass is 223 g/mol. The summed E-state index contributed by atoms with van der Waals surface area (Å²) in [6.07, 6.45) is 1.13. The van der Waals surface area contributed by atoms with Gasteiger partial charge in [0.25, 0.3) is 0 Å². The first-order valence-electron chi connectivity index (χ1n) is 3.27. The molecule has 0 aromatic heterocycles. The van der Waals surface area contributed by atoms with Crippen LogP contribution in [0.15, 0.2) is 34.3 Å². The van der Waals surface area contributed by atoms with E-state index in [1.54, 1.807) is 0 Å². The predicted molar refractivity (Wildman–Crippen MR) is 43.8 cm³/mol. The van der Waals surface area contributed by atoms with Crippen molar-refractivity contribution in [3.8, 4) is 0 Å². The fourth-order valence-corrected chi connectivity index (χ4v) is 1.26. The van der Waals surface area contributed by atoms with Crippen molar-refractivity contribution in [3.63, 3.8) is 0 Å². The second-order valence-electron chi connectivity index (χ2n) is 2.27. The summed E-state index contributed by atoms with van der Waals surface area (Å²) in [7, 11) is -4.39. The minimum atomic E-state index is -4.39. The third kappa shape index (κ3) is 3.77. The van der Waals surface area contributed by atoms with Gasteiger partial charge in [-0.05, 0) is 17.7 Å². The molecule has 0 spiro atoms. The van der Waals surface area contributed by atoms with Gasteiger partial charge < -0.3 is 9.76 Å². The van der Waals surface area contributed by atoms with Gasteiger partial charge in [-0.3, -0.25) is 0 Å². The largest absolute Gasteiger partial charge is 1.00 e. The maximum atomic E-state index is 10.5. The van der Waals surface area contributed by atoms with Gasteiger partial charge >= 0.3 is 29.6 Å². The number of benzene rings is 1. The predicted octanol–water partition coefficient (Wildman–Crippen LogP) is -2.60. The molecule has 0 saturated heterocycles. The van der Waals surface area contributed by atoms with Crippen LogP contribution in [-0.4, -0.2) is 24.4 Å². The van der Waals surface area contributed by atoms with Crippen molar-refractivity contribution in [2.45, 2.75) is 4.90 Å². The van der Waals surface area contributed by atoms with E-state index in [0.717, 1.165) is 18.3 Å². The van der Waals surface area contributed by atoms with Crippen molar-refractivity contribution in [2.75, 3.05) is 0 Å².